The van der Waals surface area contributed by atoms with Gasteiger partial charge in [-0.15, -0.1) is 0 Å². The summed E-state index contributed by atoms with van der Waals surface area (Å²) in [6, 6.07) is -0.869. The van der Waals surface area contributed by atoms with E-state index in [1.165, 1.54) is 28.5 Å². The number of carboxylic acid groups (broad SMARTS) is 1. The largest absolute Gasteiger partial charge is 0.478 e. The SMILES string of the molecule is CC(C)=CCC/C(C)=C/CC/C(C)=C/CSC[C@H](NC(=O)/C=C/C(=O)O)C(O)O. The highest BCUT2D eigenvalue weighted by molar-refractivity contribution is 7.99. The van der Waals surface area contributed by atoms with E-state index < -0.39 is 24.2 Å². The van der Waals surface area contributed by atoms with Crippen LogP contribution >= 0.6 is 11.8 Å². The first-order valence-corrected chi connectivity index (χ1v) is 10.9. The number of hydrogen-bond donors (Lipinski definition) is 4. The first-order valence-electron chi connectivity index (χ1n) is 9.71. The zero-order chi connectivity index (χ0) is 22.2. The number of aliphatic hydroxyl groups excluding tert-OH is 1. The number of carbonyl (C=O) groups is 2. The molecule has 0 aromatic carbocycles. The molecule has 0 unspecified atom stereocenters. The second-order valence-electron chi connectivity index (χ2n) is 7.20. The van der Waals surface area contributed by atoms with Gasteiger partial charge in [-0.2, -0.15) is 11.8 Å². The molecule has 1 amide bonds. The fraction of sp³-hybridized carbons (Fsp3) is 0.545. The number of allylic oxidation sites excluding steroid dienone is 5. The molecule has 0 aromatic rings. The number of amides is 1. The van der Waals surface area contributed by atoms with E-state index >= 15 is 0 Å². The molecule has 0 fully saturated rings. The predicted octanol–water partition coefficient (Wildman–Crippen LogP) is 3.58. The molecule has 1 atom stereocenters. The Morgan fingerprint density at radius 3 is 2.07 bits per heavy atom. The standard InChI is InChI=1S/C22H35NO5S/c1-16(2)7-5-8-17(3)9-6-10-18(4)13-14-29-15-19(22(27)28)23-20(24)11-12-21(25)26/h7,9,11-13,19,22,27-28H,5-6,8,10,14-15H2,1-4H3,(H,23,24)(H,25,26)/b12-11+,17-9+,18-13+/t19-/m0/s1. The molecule has 0 saturated heterocycles. The molecule has 6 nitrogen and oxygen atoms in total. The third kappa shape index (κ3) is 16.8. The maximum Gasteiger partial charge on any atom is 0.328 e. The molecule has 0 aromatic heterocycles. The van der Waals surface area contributed by atoms with Crippen LogP contribution in [0.1, 0.15) is 53.4 Å². The molecule has 164 valence electrons. The number of carbonyl (C=O) groups excluding carboxylic acids is 1. The minimum absolute atomic E-state index is 0.303. The monoisotopic (exact) mass is 425 g/mol. The van der Waals surface area contributed by atoms with Crippen LogP contribution in [0, 0.1) is 0 Å². The first kappa shape index (κ1) is 27.2. The van der Waals surface area contributed by atoms with Gasteiger partial charge in [0.2, 0.25) is 5.91 Å². The molecule has 29 heavy (non-hydrogen) atoms. The molecule has 0 aliphatic heterocycles. The van der Waals surface area contributed by atoms with Crippen LogP contribution in [0.5, 0.6) is 0 Å². The summed E-state index contributed by atoms with van der Waals surface area (Å²) in [4.78, 5) is 22.0. The molecule has 0 aliphatic rings. The minimum atomic E-state index is -1.71. The van der Waals surface area contributed by atoms with Crippen molar-refractivity contribution < 1.29 is 24.9 Å². The van der Waals surface area contributed by atoms with Crippen LogP contribution in [0.3, 0.4) is 0 Å². The average molecular weight is 426 g/mol. The van der Waals surface area contributed by atoms with E-state index in [0.29, 0.717) is 17.6 Å². The molecule has 0 heterocycles. The van der Waals surface area contributed by atoms with Crippen molar-refractivity contribution in [1.29, 1.82) is 0 Å². The van der Waals surface area contributed by atoms with E-state index in [0.717, 1.165) is 31.8 Å². The molecule has 0 aliphatic carbocycles. The van der Waals surface area contributed by atoms with Gasteiger partial charge in [0, 0.05) is 23.7 Å². The van der Waals surface area contributed by atoms with E-state index in [9.17, 15) is 19.8 Å². The lowest BCUT2D eigenvalue weighted by molar-refractivity contribution is -0.131. The van der Waals surface area contributed by atoms with Gasteiger partial charge in [0.15, 0.2) is 6.29 Å². The van der Waals surface area contributed by atoms with Crippen LogP contribution in [-0.4, -0.2) is 51.0 Å². The third-order valence-electron chi connectivity index (χ3n) is 4.03. The second kappa shape index (κ2) is 16.0. The van der Waals surface area contributed by atoms with Crippen molar-refractivity contribution >= 4 is 23.6 Å². The van der Waals surface area contributed by atoms with Crippen LogP contribution in [0.15, 0.2) is 47.1 Å². The van der Waals surface area contributed by atoms with Crippen LogP contribution < -0.4 is 5.32 Å². The average Bonchev–Trinajstić information content (AvgIpc) is 2.61. The van der Waals surface area contributed by atoms with Gasteiger partial charge in [0.1, 0.15) is 0 Å². The molecule has 0 rings (SSSR count). The minimum Gasteiger partial charge on any atom is -0.478 e. The quantitative estimate of drug-likeness (QED) is 0.147. The van der Waals surface area contributed by atoms with Crippen molar-refractivity contribution in [3.05, 3.63) is 47.1 Å². The third-order valence-corrected chi connectivity index (χ3v) is 5.03. The van der Waals surface area contributed by atoms with E-state index in [2.05, 4.69) is 51.2 Å². The highest BCUT2D eigenvalue weighted by atomic mass is 32.2. The summed E-state index contributed by atoms with van der Waals surface area (Å²) in [7, 11) is 0. The number of aliphatic hydroxyl groups is 2. The molecular formula is C22H35NO5S. The lowest BCUT2D eigenvalue weighted by atomic mass is 10.1. The topological polar surface area (TPSA) is 107 Å². The van der Waals surface area contributed by atoms with Gasteiger partial charge in [-0.25, -0.2) is 4.79 Å². The number of rotatable bonds is 14. The Bertz CT molecular complexity index is 631. The van der Waals surface area contributed by atoms with Crippen molar-refractivity contribution in [2.45, 2.75) is 65.7 Å². The van der Waals surface area contributed by atoms with Gasteiger partial charge >= 0.3 is 5.97 Å². The lowest BCUT2D eigenvalue weighted by Crippen LogP contribution is -2.44. The fourth-order valence-corrected chi connectivity index (χ4v) is 3.36. The van der Waals surface area contributed by atoms with Gasteiger partial charge in [0.25, 0.3) is 0 Å². The van der Waals surface area contributed by atoms with Crippen molar-refractivity contribution in [3.63, 3.8) is 0 Å². The summed E-state index contributed by atoms with van der Waals surface area (Å²) >= 11 is 1.46. The maximum absolute atomic E-state index is 11.6. The van der Waals surface area contributed by atoms with Crippen LogP contribution in [0.4, 0.5) is 0 Å². The molecule has 0 saturated carbocycles. The van der Waals surface area contributed by atoms with Gasteiger partial charge in [-0.1, -0.05) is 34.9 Å². The molecular weight excluding hydrogens is 390 g/mol. The Hall–Kier alpha value is -1.83. The van der Waals surface area contributed by atoms with E-state index in [-0.39, 0.29) is 0 Å². The second-order valence-corrected chi connectivity index (χ2v) is 8.27. The molecule has 0 bridgehead atoms. The Balaban J connectivity index is 4.25. The Morgan fingerprint density at radius 2 is 1.52 bits per heavy atom. The normalized spacial score (nSPS) is 13.6. The maximum atomic E-state index is 11.6. The van der Waals surface area contributed by atoms with Gasteiger partial charge in [0.05, 0.1) is 6.04 Å². The number of thioether (sulfide) groups is 1. The van der Waals surface area contributed by atoms with E-state index in [4.69, 9.17) is 5.11 Å². The summed E-state index contributed by atoms with van der Waals surface area (Å²) in [5.74, 6) is -0.921. The highest BCUT2D eigenvalue weighted by Crippen LogP contribution is 2.13. The number of nitrogens with one attached hydrogen (secondary N) is 1. The van der Waals surface area contributed by atoms with Crippen LogP contribution in [0.2, 0.25) is 0 Å². The highest BCUT2D eigenvalue weighted by Gasteiger charge is 2.18. The first-order chi connectivity index (χ1) is 13.6. The lowest BCUT2D eigenvalue weighted by Gasteiger charge is -2.19. The van der Waals surface area contributed by atoms with Gasteiger partial charge in [-0.3, -0.25) is 4.79 Å². The fourth-order valence-electron chi connectivity index (χ4n) is 2.32. The van der Waals surface area contributed by atoms with Crippen molar-refractivity contribution in [2.24, 2.45) is 0 Å². The van der Waals surface area contributed by atoms with Crippen LogP contribution in [0.25, 0.3) is 0 Å². The molecule has 4 N–H and O–H groups in total. The summed E-state index contributed by atoms with van der Waals surface area (Å²) in [5, 5.41) is 29.6. The van der Waals surface area contributed by atoms with Gasteiger partial charge < -0.3 is 20.6 Å². The van der Waals surface area contributed by atoms with Gasteiger partial charge in [-0.05, 0) is 53.4 Å². The smallest absolute Gasteiger partial charge is 0.328 e. The number of carboxylic acids is 1. The van der Waals surface area contributed by atoms with E-state index in [1.807, 2.05) is 0 Å². The predicted molar refractivity (Wildman–Crippen MR) is 120 cm³/mol. The summed E-state index contributed by atoms with van der Waals surface area (Å²) in [5.41, 5.74) is 4.01. The Morgan fingerprint density at radius 1 is 0.931 bits per heavy atom. The zero-order valence-electron chi connectivity index (χ0n) is 17.9. The molecule has 0 radical (unpaired) electrons. The number of hydrogen-bond acceptors (Lipinski definition) is 5. The summed E-state index contributed by atoms with van der Waals surface area (Å²) < 4.78 is 0. The van der Waals surface area contributed by atoms with Crippen molar-refractivity contribution in [1.82, 2.24) is 5.32 Å². The van der Waals surface area contributed by atoms with Crippen LogP contribution in [-0.2, 0) is 9.59 Å². The number of aliphatic carboxylic acids is 1. The van der Waals surface area contributed by atoms with Crippen molar-refractivity contribution in [3.8, 4) is 0 Å². The summed E-state index contributed by atoms with van der Waals surface area (Å²) in [6.07, 6.45) is 10.6. The molecule has 0 spiro atoms. The van der Waals surface area contributed by atoms with Crippen molar-refractivity contribution in [2.75, 3.05) is 11.5 Å². The Kier molecular flexibility index (Phi) is 15.0. The summed E-state index contributed by atoms with van der Waals surface area (Å²) in [6.45, 7) is 8.45. The Labute approximate surface area is 178 Å². The van der Waals surface area contributed by atoms with E-state index in [1.54, 1.807) is 0 Å². The zero-order valence-corrected chi connectivity index (χ0v) is 18.7. The molecule has 7 heteroatoms.